The predicted molar refractivity (Wildman–Crippen MR) is 108 cm³/mol. The minimum atomic E-state index is -1.19. The minimum absolute atomic E-state index is 0.141. The van der Waals surface area contributed by atoms with Gasteiger partial charge in [-0.05, 0) is 43.1 Å². The van der Waals surface area contributed by atoms with Crippen LogP contribution in [0.25, 0.3) is 0 Å². The number of aromatic nitrogens is 2. The second-order valence-corrected chi connectivity index (χ2v) is 8.52. The van der Waals surface area contributed by atoms with Gasteiger partial charge in [-0.1, -0.05) is 44.2 Å². The summed E-state index contributed by atoms with van der Waals surface area (Å²) in [6, 6.07) is 9.31. The number of aryl methyl sites for hydroxylation is 1. The van der Waals surface area contributed by atoms with Gasteiger partial charge in [-0.3, -0.25) is 0 Å². The highest BCUT2D eigenvalue weighted by molar-refractivity contribution is 5.68. The quantitative estimate of drug-likeness (QED) is 0.540. The van der Waals surface area contributed by atoms with E-state index in [4.69, 9.17) is 4.42 Å². The van der Waals surface area contributed by atoms with Gasteiger partial charge in [0, 0.05) is 5.92 Å². The van der Waals surface area contributed by atoms with Crippen LogP contribution in [0, 0.1) is 5.41 Å². The summed E-state index contributed by atoms with van der Waals surface area (Å²) < 4.78 is 5.33. The molecule has 9 nitrogen and oxygen atoms in total. The van der Waals surface area contributed by atoms with Gasteiger partial charge in [-0.2, -0.15) is 0 Å². The Morgan fingerprint density at radius 1 is 1.23 bits per heavy atom. The van der Waals surface area contributed by atoms with E-state index in [9.17, 15) is 19.8 Å². The van der Waals surface area contributed by atoms with E-state index in [0.29, 0.717) is 31.6 Å². The van der Waals surface area contributed by atoms with Crippen molar-refractivity contribution in [3.63, 3.8) is 0 Å². The van der Waals surface area contributed by atoms with Crippen LogP contribution in [0.5, 0.6) is 0 Å². The van der Waals surface area contributed by atoms with E-state index in [0.717, 1.165) is 12.0 Å². The third kappa shape index (κ3) is 4.55. The molecule has 0 radical (unpaired) electrons. The maximum Gasteiger partial charge on any atom is 0.405 e. The molecule has 2 amide bonds. The molecule has 1 aliphatic rings. The summed E-state index contributed by atoms with van der Waals surface area (Å²) in [4.78, 5) is 23.4. The van der Waals surface area contributed by atoms with Gasteiger partial charge in [0.05, 0.1) is 11.6 Å². The summed E-state index contributed by atoms with van der Waals surface area (Å²) in [5.41, 5.74) is -0.366. The lowest BCUT2D eigenvalue weighted by molar-refractivity contribution is 0.0260. The molecule has 3 atom stereocenters. The van der Waals surface area contributed by atoms with Crippen molar-refractivity contribution in [3.8, 4) is 0 Å². The molecule has 4 N–H and O–H groups in total. The van der Waals surface area contributed by atoms with Crippen molar-refractivity contribution in [1.29, 1.82) is 0 Å². The Morgan fingerprint density at radius 3 is 2.57 bits per heavy atom. The molecule has 1 aliphatic carbocycles. The molecule has 1 heterocycles. The van der Waals surface area contributed by atoms with Crippen molar-refractivity contribution in [1.82, 2.24) is 20.8 Å². The first-order valence-corrected chi connectivity index (χ1v) is 10.0. The Morgan fingerprint density at radius 2 is 1.97 bits per heavy atom. The van der Waals surface area contributed by atoms with Gasteiger partial charge in [-0.15, -0.1) is 10.2 Å². The van der Waals surface area contributed by atoms with Crippen LogP contribution in [0.2, 0.25) is 0 Å². The molecule has 0 bridgehead atoms. The van der Waals surface area contributed by atoms with Gasteiger partial charge in [0.2, 0.25) is 12.3 Å². The molecule has 1 aromatic carbocycles. The molecule has 1 saturated carbocycles. The summed E-state index contributed by atoms with van der Waals surface area (Å²) in [6.07, 6.45) is 1.73. The second kappa shape index (κ2) is 8.73. The monoisotopic (exact) mass is 416 g/mol. The van der Waals surface area contributed by atoms with Crippen LogP contribution in [0.1, 0.15) is 56.9 Å². The molecule has 1 fully saturated rings. The van der Waals surface area contributed by atoms with E-state index in [2.05, 4.69) is 20.8 Å². The summed E-state index contributed by atoms with van der Waals surface area (Å²) in [5.74, 6) is 0.302. The predicted octanol–water partition coefficient (Wildman–Crippen LogP) is 3.64. The van der Waals surface area contributed by atoms with Gasteiger partial charge < -0.3 is 25.3 Å². The largest absolute Gasteiger partial charge is 0.465 e. The summed E-state index contributed by atoms with van der Waals surface area (Å²) in [6.45, 7) is 3.99. The first-order valence-electron chi connectivity index (χ1n) is 10.0. The smallest absolute Gasteiger partial charge is 0.405 e. The fourth-order valence-corrected chi connectivity index (χ4v) is 4.74. The Balaban J connectivity index is 1.91. The van der Waals surface area contributed by atoms with Crippen molar-refractivity contribution in [2.24, 2.45) is 5.41 Å². The molecule has 3 rings (SSSR count). The van der Waals surface area contributed by atoms with E-state index in [1.165, 1.54) is 6.39 Å². The minimum Gasteiger partial charge on any atom is -0.465 e. The van der Waals surface area contributed by atoms with Crippen molar-refractivity contribution in [3.05, 3.63) is 48.2 Å². The third-order valence-corrected chi connectivity index (χ3v) is 6.45. The molecule has 162 valence electrons. The fourth-order valence-electron chi connectivity index (χ4n) is 4.74. The van der Waals surface area contributed by atoms with Crippen molar-refractivity contribution in [2.75, 3.05) is 0 Å². The van der Waals surface area contributed by atoms with E-state index >= 15 is 0 Å². The van der Waals surface area contributed by atoms with Gasteiger partial charge in [-0.25, -0.2) is 9.59 Å². The number of nitrogens with one attached hydrogen (secondary N) is 2. The normalized spacial score (nSPS) is 24.2. The summed E-state index contributed by atoms with van der Waals surface area (Å²) in [5, 5.41) is 32.1. The first kappa shape index (κ1) is 21.6. The number of rotatable bonds is 7. The van der Waals surface area contributed by atoms with Crippen LogP contribution in [-0.4, -0.2) is 44.2 Å². The lowest BCUT2D eigenvalue weighted by Gasteiger charge is -2.54. The Labute approximate surface area is 174 Å². The average Bonchev–Trinajstić information content (AvgIpc) is 3.22. The SMILES string of the molecule is CC(C)(CCc1ccccc1)[C@]1(NC(=O)O)CC[C@H](c2nnco2)C[C@@H]1NC(=O)O. The summed E-state index contributed by atoms with van der Waals surface area (Å²) in [7, 11) is 0. The van der Waals surface area contributed by atoms with Gasteiger partial charge in [0.1, 0.15) is 0 Å². The number of carbonyl (C=O) groups is 2. The molecule has 2 aromatic rings. The number of hydrogen-bond donors (Lipinski definition) is 4. The number of amides is 2. The maximum atomic E-state index is 11.8. The molecule has 0 saturated heterocycles. The number of hydrogen-bond acceptors (Lipinski definition) is 5. The van der Waals surface area contributed by atoms with Crippen LogP contribution in [0.3, 0.4) is 0 Å². The lowest BCUT2D eigenvalue weighted by atomic mass is 9.58. The molecule has 30 heavy (non-hydrogen) atoms. The molecular formula is C21H28N4O5. The zero-order valence-electron chi connectivity index (χ0n) is 17.2. The van der Waals surface area contributed by atoms with Crippen LogP contribution in [0.15, 0.2) is 41.1 Å². The number of carboxylic acid groups (broad SMARTS) is 2. The van der Waals surface area contributed by atoms with E-state index in [1.54, 1.807) is 0 Å². The third-order valence-electron chi connectivity index (χ3n) is 6.45. The van der Waals surface area contributed by atoms with E-state index in [1.807, 2.05) is 44.2 Å². The first-order chi connectivity index (χ1) is 14.2. The Kier molecular flexibility index (Phi) is 6.28. The van der Waals surface area contributed by atoms with Gasteiger partial charge in [0.25, 0.3) is 0 Å². The van der Waals surface area contributed by atoms with Crippen molar-refractivity contribution >= 4 is 12.2 Å². The highest BCUT2D eigenvalue weighted by atomic mass is 16.4. The van der Waals surface area contributed by atoms with Crippen molar-refractivity contribution in [2.45, 2.75) is 63.5 Å². The molecule has 1 aromatic heterocycles. The van der Waals surface area contributed by atoms with Crippen LogP contribution in [0.4, 0.5) is 9.59 Å². The highest BCUT2D eigenvalue weighted by Crippen LogP contribution is 2.48. The number of benzene rings is 1. The van der Waals surface area contributed by atoms with Crippen LogP contribution < -0.4 is 10.6 Å². The maximum absolute atomic E-state index is 11.8. The fraction of sp³-hybridized carbons (Fsp3) is 0.524. The standard InChI is InChI=1S/C21H28N4O5/c1-20(2,10-8-14-6-4-3-5-7-14)21(24-19(28)29)11-9-15(17-25-22-13-30-17)12-16(21)23-18(26)27/h3-7,13,15-16,23-24H,8-12H2,1-2H3,(H,26,27)(H,28,29)/t15-,16-,21-/m0/s1. The zero-order valence-corrected chi connectivity index (χ0v) is 17.2. The Bertz CT molecular complexity index is 856. The number of nitrogens with zero attached hydrogens (tertiary/aromatic N) is 2. The highest BCUT2D eigenvalue weighted by Gasteiger charge is 2.55. The topological polar surface area (TPSA) is 138 Å². The zero-order chi connectivity index (χ0) is 21.8. The molecule has 0 unspecified atom stereocenters. The molecular weight excluding hydrogens is 388 g/mol. The van der Waals surface area contributed by atoms with Gasteiger partial charge in [0.15, 0.2) is 0 Å². The summed E-state index contributed by atoms with van der Waals surface area (Å²) >= 11 is 0. The molecule has 0 aliphatic heterocycles. The molecule has 0 spiro atoms. The van der Waals surface area contributed by atoms with Gasteiger partial charge >= 0.3 is 12.2 Å². The average molecular weight is 416 g/mol. The van der Waals surface area contributed by atoms with E-state index < -0.39 is 29.2 Å². The lowest BCUT2D eigenvalue weighted by Crippen LogP contribution is -2.70. The van der Waals surface area contributed by atoms with E-state index in [-0.39, 0.29) is 5.92 Å². The Hall–Kier alpha value is -3.10. The molecule has 9 heteroatoms. The second-order valence-electron chi connectivity index (χ2n) is 8.52. The van der Waals surface area contributed by atoms with Crippen LogP contribution in [-0.2, 0) is 6.42 Å². The van der Waals surface area contributed by atoms with Crippen molar-refractivity contribution < 1.29 is 24.2 Å². The van der Waals surface area contributed by atoms with Crippen LogP contribution >= 0.6 is 0 Å².